The first kappa shape index (κ1) is 4.99. The third-order valence-corrected chi connectivity index (χ3v) is 0.842. The van der Waals surface area contributed by atoms with Crippen molar-refractivity contribution in [3.8, 4) is 0 Å². The average molecular weight is 106 g/mol. The molecule has 0 radical (unpaired) electrons. The van der Waals surface area contributed by atoms with Crippen molar-refractivity contribution in [1.29, 1.82) is 0 Å². The van der Waals surface area contributed by atoms with Gasteiger partial charge in [-0.1, -0.05) is 5.73 Å². The van der Waals surface area contributed by atoms with Crippen molar-refractivity contribution in [3.05, 3.63) is 35.4 Å². The van der Waals surface area contributed by atoms with Crippen molar-refractivity contribution >= 4 is 0 Å². The van der Waals surface area contributed by atoms with Crippen molar-refractivity contribution in [2.45, 2.75) is 0 Å². The second-order valence-corrected chi connectivity index (χ2v) is 1.36. The molecule has 0 aromatic carbocycles. The summed E-state index contributed by atoms with van der Waals surface area (Å²) in [6, 6.07) is 0. The van der Waals surface area contributed by atoms with Crippen LogP contribution in [0.5, 0.6) is 0 Å². The zero-order valence-electron chi connectivity index (χ0n) is 4.64. The van der Waals surface area contributed by atoms with Gasteiger partial charge in [0.2, 0.25) is 0 Å². The Balaban J connectivity index is 2.93. The Morgan fingerprint density at radius 3 is 2.88 bits per heavy atom. The third kappa shape index (κ3) is 0.913. The van der Waals surface area contributed by atoms with Gasteiger partial charge in [-0.25, -0.2) is 0 Å². The minimum absolute atomic E-state index is 0.729. The molecular weight excluding hydrogens is 100 g/mol. The van der Waals surface area contributed by atoms with Crippen LogP contribution in [0.1, 0.15) is 0 Å². The first-order chi connectivity index (χ1) is 3.93. The summed E-state index contributed by atoms with van der Waals surface area (Å²) >= 11 is 0. The van der Waals surface area contributed by atoms with E-state index in [1.807, 2.05) is 12.2 Å². The molecule has 1 rings (SSSR count). The molecular formula is C7H6O. The number of ether oxygens (including phenoxy) is 1. The Morgan fingerprint density at radius 1 is 1.62 bits per heavy atom. The van der Waals surface area contributed by atoms with Crippen LogP contribution in [0.4, 0.5) is 0 Å². The van der Waals surface area contributed by atoms with Gasteiger partial charge in [0.15, 0.2) is 5.76 Å². The molecule has 0 saturated carbocycles. The van der Waals surface area contributed by atoms with Gasteiger partial charge in [0, 0.05) is 0 Å². The van der Waals surface area contributed by atoms with Gasteiger partial charge in [0.25, 0.3) is 0 Å². The first-order valence-electron chi connectivity index (χ1n) is 2.36. The van der Waals surface area contributed by atoms with Crippen LogP contribution in [0.3, 0.4) is 0 Å². The van der Waals surface area contributed by atoms with E-state index in [9.17, 15) is 0 Å². The third-order valence-electron chi connectivity index (χ3n) is 0.842. The lowest BCUT2D eigenvalue weighted by atomic mass is 10.3. The topological polar surface area (TPSA) is 9.23 Å². The van der Waals surface area contributed by atoms with Crippen LogP contribution in [0.25, 0.3) is 0 Å². The van der Waals surface area contributed by atoms with Gasteiger partial charge in [0.1, 0.15) is 0 Å². The normalized spacial score (nSPS) is 13.9. The van der Waals surface area contributed by atoms with E-state index in [-0.39, 0.29) is 0 Å². The predicted molar refractivity (Wildman–Crippen MR) is 31.3 cm³/mol. The molecule has 1 aliphatic carbocycles. The lowest BCUT2D eigenvalue weighted by Gasteiger charge is -1.93. The molecule has 0 N–H and O–H groups in total. The molecule has 0 heterocycles. The number of hydrogen-bond acceptors (Lipinski definition) is 1. The van der Waals surface area contributed by atoms with Gasteiger partial charge in [0.05, 0.1) is 7.11 Å². The molecule has 8 heavy (non-hydrogen) atoms. The maximum absolute atomic E-state index is 4.83. The quantitative estimate of drug-likeness (QED) is 0.459. The Bertz CT molecular complexity index is 198. The molecule has 1 aliphatic rings. The largest absolute Gasteiger partial charge is 0.489 e. The van der Waals surface area contributed by atoms with Crippen LogP contribution < -0.4 is 0 Å². The monoisotopic (exact) mass is 106 g/mol. The highest BCUT2D eigenvalue weighted by molar-refractivity contribution is 5.20. The number of methoxy groups -OCH3 is 1. The average Bonchev–Trinajstić information content (AvgIpc) is 1.90. The van der Waals surface area contributed by atoms with Gasteiger partial charge in [-0.3, -0.25) is 0 Å². The highest BCUT2D eigenvalue weighted by Gasteiger charge is 1.83. The number of hydrogen-bond donors (Lipinski definition) is 0. The van der Waals surface area contributed by atoms with E-state index in [4.69, 9.17) is 4.74 Å². The van der Waals surface area contributed by atoms with Gasteiger partial charge in [-0.2, -0.15) is 0 Å². The smallest absolute Gasteiger partial charge is 0.169 e. The van der Waals surface area contributed by atoms with E-state index in [0.29, 0.717) is 0 Å². The summed E-state index contributed by atoms with van der Waals surface area (Å²) in [4.78, 5) is 0. The molecule has 0 saturated heterocycles. The second-order valence-electron chi connectivity index (χ2n) is 1.36. The number of rotatable bonds is 1. The fourth-order valence-corrected chi connectivity index (χ4v) is 0.457. The predicted octanol–water partition coefficient (Wildman–Crippen LogP) is 1.40. The summed E-state index contributed by atoms with van der Waals surface area (Å²) in [5, 5.41) is 0. The van der Waals surface area contributed by atoms with Gasteiger partial charge in [-0.15, -0.1) is 0 Å². The Kier molecular flexibility index (Phi) is 1.39. The fourth-order valence-electron chi connectivity index (χ4n) is 0.457. The highest BCUT2D eigenvalue weighted by Crippen LogP contribution is 1.96. The molecule has 0 amide bonds. The molecule has 0 bridgehead atoms. The minimum atomic E-state index is 0.729. The van der Waals surface area contributed by atoms with E-state index < -0.39 is 0 Å². The summed E-state index contributed by atoms with van der Waals surface area (Å²) in [5.41, 5.74) is 5.53. The van der Waals surface area contributed by atoms with E-state index in [2.05, 4.69) is 11.5 Å². The second kappa shape index (κ2) is 2.23. The summed E-state index contributed by atoms with van der Waals surface area (Å²) in [6.07, 6.45) is 5.47. The zero-order valence-corrected chi connectivity index (χ0v) is 4.64. The molecule has 0 fully saturated rings. The van der Waals surface area contributed by atoms with Crippen LogP contribution in [0, 0.1) is 0 Å². The van der Waals surface area contributed by atoms with Crippen LogP contribution in [0.2, 0.25) is 0 Å². The SMILES string of the molecule is COC1=C=C=CC=C1. The van der Waals surface area contributed by atoms with E-state index in [0.717, 1.165) is 5.76 Å². The van der Waals surface area contributed by atoms with E-state index >= 15 is 0 Å². The van der Waals surface area contributed by atoms with E-state index in [1.54, 1.807) is 13.2 Å². The van der Waals surface area contributed by atoms with Crippen LogP contribution in [0.15, 0.2) is 35.4 Å². The van der Waals surface area contributed by atoms with Gasteiger partial charge < -0.3 is 4.74 Å². The summed E-state index contributed by atoms with van der Waals surface area (Å²) < 4.78 is 4.83. The lowest BCUT2D eigenvalue weighted by Crippen LogP contribution is -1.78. The summed E-state index contributed by atoms with van der Waals surface area (Å²) in [7, 11) is 1.61. The molecule has 1 nitrogen and oxygen atoms in total. The summed E-state index contributed by atoms with van der Waals surface area (Å²) in [6.45, 7) is 0. The van der Waals surface area contributed by atoms with Crippen LogP contribution in [-0.4, -0.2) is 7.11 Å². The molecule has 40 valence electrons. The van der Waals surface area contributed by atoms with Gasteiger partial charge >= 0.3 is 0 Å². The van der Waals surface area contributed by atoms with Crippen molar-refractivity contribution in [2.75, 3.05) is 7.11 Å². The maximum Gasteiger partial charge on any atom is 0.169 e. The van der Waals surface area contributed by atoms with Crippen molar-refractivity contribution in [1.82, 2.24) is 0 Å². The Labute approximate surface area is 48.3 Å². The standard InChI is InChI=1S/C7H6O/c1-8-7-5-3-2-4-6-7/h2-3,5H,1H3. The summed E-state index contributed by atoms with van der Waals surface area (Å²) in [5.74, 6) is 0.729. The molecule has 0 aromatic heterocycles. The Hall–Kier alpha value is -1.16. The molecule has 0 atom stereocenters. The molecule has 1 heteroatoms. The van der Waals surface area contributed by atoms with Crippen LogP contribution >= 0.6 is 0 Å². The van der Waals surface area contributed by atoms with Crippen molar-refractivity contribution < 1.29 is 4.74 Å². The fraction of sp³-hybridized carbons (Fsp3) is 0.143. The highest BCUT2D eigenvalue weighted by atomic mass is 16.5. The van der Waals surface area contributed by atoms with Crippen molar-refractivity contribution in [2.24, 2.45) is 0 Å². The Morgan fingerprint density at radius 2 is 2.50 bits per heavy atom. The molecule has 0 unspecified atom stereocenters. The van der Waals surface area contributed by atoms with Gasteiger partial charge in [-0.05, 0) is 24.0 Å². The molecule has 0 spiro atoms. The van der Waals surface area contributed by atoms with Crippen molar-refractivity contribution in [3.63, 3.8) is 0 Å². The van der Waals surface area contributed by atoms with Crippen LogP contribution in [-0.2, 0) is 4.74 Å². The maximum atomic E-state index is 4.83. The lowest BCUT2D eigenvalue weighted by molar-refractivity contribution is 0.308. The number of allylic oxidation sites excluding steroid dienone is 3. The minimum Gasteiger partial charge on any atom is -0.489 e. The molecule has 0 aliphatic heterocycles. The molecule has 0 aromatic rings. The first-order valence-corrected chi connectivity index (χ1v) is 2.36. The van der Waals surface area contributed by atoms with E-state index in [1.165, 1.54) is 0 Å². The zero-order chi connectivity index (χ0) is 5.82.